The zero-order chi connectivity index (χ0) is 38.2. The summed E-state index contributed by atoms with van der Waals surface area (Å²) in [4.78, 5) is 27.4. The molecule has 5 rings (SSSR count). The number of nitriles is 1. The van der Waals surface area contributed by atoms with Crippen LogP contribution in [0.4, 0.5) is 5.69 Å². The van der Waals surface area contributed by atoms with Gasteiger partial charge in [-0.25, -0.2) is 4.79 Å². The van der Waals surface area contributed by atoms with E-state index in [1.807, 2.05) is 12.3 Å². The van der Waals surface area contributed by atoms with Crippen molar-refractivity contribution in [3.05, 3.63) is 100 Å². The van der Waals surface area contributed by atoms with Gasteiger partial charge in [-0.15, -0.1) is 0 Å². The highest BCUT2D eigenvalue weighted by atomic mass is 35.5. The predicted molar refractivity (Wildman–Crippen MR) is 206 cm³/mol. The number of nitrogens with two attached hydrogens (primary N) is 1. The highest BCUT2D eigenvalue weighted by molar-refractivity contribution is 8.03. The number of methoxy groups -OCH3 is 4. The third-order valence-corrected chi connectivity index (χ3v) is 9.29. The van der Waals surface area contributed by atoms with E-state index in [9.17, 15) is 9.59 Å². The minimum absolute atomic E-state index is 0.110. The van der Waals surface area contributed by atoms with Crippen LogP contribution < -0.4 is 30.2 Å². The number of benzene rings is 4. The van der Waals surface area contributed by atoms with Crippen molar-refractivity contribution >= 4 is 92.9 Å². The number of H-pyrrole nitrogens is 1. The van der Waals surface area contributed by atoms with E-state index >= 15 is 0 Å². The van der Waals surface area contributed by atoms with E-state index in [2.05, 4.69) is 4.98 Å². The third kappa shape index (κ3) is 9.74. The predicted octanol–water partition coefficient (Wildman–Crippen LogP) is 9.54. The number of nitrogens with one attached hydrogen (secondary N) is 1. The van der Waals surface area contributed by atoms with Crippen LogP contribution in [0, 0.1) is 29.3 Å². The molecule has 0 atom stereocenters. The van der Waals surface area contributed by atoms with Crippen LogP contribution in [-0.2, 0) is 0 Å². The molecule has 0 spiro atoms. The lowest BCUT2D eigenvalue weighted by atomic mass is 10.1. The number of aromatic amines is 1. The summed E-state index contributed by atoms with van der Waals surface area (Å²) in [7, 11) is 6.08. The van der Waals surface area contributed by atoms with Crippen molar-refractivity contribution < 1.29 is 28.8 Å². The van der Waals surface area contributed by atoms with Crippen molar-refractivity contribution in [3.8, 4) is 34.1 Å². The lowest BCUT2D eigenvalue weighted by Gasteiger charge is -2.13. The van der Waals surface area contributed by atoms with Gasteiger partial charge in [0, 0.05) is 28.8 Å². The molecule has 0 aliphatic heterocycles. The van der Waals surface area contributed by atoms with Gasteiger partial charge in [0.1, 0.15) is 28.4 Å². The summed E-state index contributed by atoms with van der Waals surface area (Å²) in [6, 6.07) is 12.8. The number of rotatable bonds is 7. The number of anilines is 1. The van der Waals surface area contributed by atoms with Gasteiger partial charge < -0.3 is 34.8 Å². The molecule has 51 heavy (non-hydrogen) atoms. The molecule has 268 valence electrons. The molecule has 1 heterocycles. The number of thioether (sulfide) groups is 1. The van der Waals surface area contributed by atoms with Gasteiger partial charge in [-0.1, -0.05) is 46.4 Å². The molecule has 17 heteroatoms. The van der Waals surface area contributed by atoms with Gasteiger partial charge in [-0.3, -0.25) is 9.36 Å². The quantitative estimate of drug-likeness (QED) is 0.0621. The number of hydrogen-bond donors (Lipinski definition) is 3. The monoisotopic (exact) mass is 810 g/mol. The Balaban J connectivity index is 0.000000228. The van der Waals surface area contributed by atoms with Crippen molar-refractivity contribution in [1.29, 1.82) is 5.26 Å². The third-order valence-electron chi connectivity index (χ3n) is 7.03. The zero-order valence-corrected chi connectivity index (χ0v) is 32.5. The number of carboxylic acid groups (broad SMARTS) is 1. The van der Waals surface area contributed by atoms with E-state index in [0.29, 0.717) is 59.6 Å². The van der Waals surface area contributed by atoms with Gasteiger partial charge in [-0.05, 0) is 79.3 Å². The Kier molecular flexibility index (Phi) is 14.7. The van der Waals surface area contributed by atoms with E-state index in [1.54, 1.807) is 44.4 Å². The number of aryl methyl sites for hydroxylation is 2. The molecule has 0 aliphatic carbocycles. The first-order valence-electron chi connectivity index (χ1n) is 14.3. The largest absolute Gasteiger partial charge is 0.496 e. The Labute approximate surface area is 322 Å². The molecule has 0 saturated heterocycles. The fourth-order valence-electron chi connectivity index (χ4n) is 4.54. The molecule has 4 N–H and O–H groups in total. The first kappa shape index (κ1) is 41.1. The van der Waals surface area contributed by atoms with Crippen molar-refractivity contribution in [3.63, 3.8) is 0 Å². The van der Waals surface area contributed by atoms with Crippen molar-refractivity contribution in [1.82, 2.24) is 9.55 Å². The maximum Gasteiger partial charge on any atom is 0.337 e. The lowest BCUT2D eigenvalue weighted by Crippen LogP contribution is -2.21. The van der Waals surface area contributed by atoms with Crippen LogP contribution in [0.2, 0.25) is 20.1 Å². The molecule has 0 unspecified atom stereocenters. The number of carboxylic acids is 1. The number of fused-ring (bicyclic) bond motifs is 1. The molecule has 5 aromatic rings. The summed E-state index contributed by atoms with van der Waals surface area (Å²) in [6.45, 7) is 3.63. The van der Waals surface area contributed by atoms with Crippen LogP contribution in [-0.4, -0.2) is 49.1 Å². The molecule has 0 bridgehead atoms. The Bertz CT molecular complexity index is 2270. The average Bonchev–Trinajstić information content (AvgIpc) is 3.08. The summed E-state index contributed by atoms with van der Waals surface area (Å²) in [5.74, 6) is 1.16. The fraction of sp³-hybridized carbons (Fsp3) is 0.176. The topological polar surface area (TPSA) is 162 Å². The van der Waals surface area contributed by atoms with Gasteiger partial charge in [0.15, 0.2) is 4.77 Å². The Morgan fingerprint density at radius 1 is 0.824 bits per heavy atom. The number of carbonyl (C=O) groups is 1. The van der Waals surface area contributed by atoms with Crippen molar-refractivity contribution in [2.24, 2.45) is 0 Å². The van der Waals surface area contributed by atoms with Crippen LogP contribution in [0.15, 0.2) is 58.2 Å². The first-order valence-corrected chi connectivity index (χ1v) is 17.0. The molecule has 0 fully saturated rings. The molecular weight excluding hydrogens is 782 g/mol. The molecule has 0 saturated carbocycles. The number of nitrogen functional groups attached to an aromatic ring is 1. The molecule has 11 nitrogen and oxygen atoms in total. The van der Waals surface area contributed by atoms with Crippen LogP contribution in [0.1, 0.15) is 21.5 Å². The van der Waals surface area contributed by atoms with E-state index in [4.69, 9.17) is 93.7 Å². The highest BCUT2D eigenvalue weighted by Gasteiger charge is 2.16. The number of aromatic carboxylic acids is 1. The van der Waals surface area contributed by atoms with E-state index in [1.165, 1.54) is 44.1 Å². The minimum Gasteiger partial charge on any atom is -0.496 e. The Morgan fingerprint density at radius 2 is 1.35 bits per heavy atom. The van der Waals surface area contributed by atoms with Crippen LogP contribution in [0.5, 0.6) is 23.0 Å². The summed E-state index contributed by atoms with van der Waals surface area (Å²) in [5.41, 5.74) is 8.11. The second-order valence-corrected chi connectivity index (χ2v) is 13.0. The number of aromatic nitrogens is 2. The van der Waals surface area contributed by atoms with Gasteiger partial charge in [0.25, 0.3) is 5.56 Å². The number of halogens is 4. The summed E-state index contributed by atoms with van der Waals surface area (Å²) in [5, 5.41) is 21.1. The summed E-state index contributed by atoms with van der Waals surface area (Å²) >= 11 is 30.3. The molecule has 1 aromatic heterocycles. The second kappa shape index (κ2) is 18.3. The van der Waals surface area contributed by atoms with Gasteiger partial charge in [-0.2, -0.15) is 5.26 Å². The van der Waals surface area contributed by atoms with Crippen molar-refractivity contribution in [2.45, 2.75) is 18.7 Å². The SMILES string of the molecule is COc1cc(N)c(C(=O)O)cc1C.COc1cc(SC#N)c(Cl)cc1Cl.COc1cc2[nH]c(=S)n(-c3cc(OC)c(Cl)cc3Cl)c(=O)c2cc1C. The van der Waals surface area contributed by atoms with E-state index in [-0.39, 0.29) is 26.6 Å². The zero-order valence-electron chi connectivity index (χ0n) is 27.8. The van der Waals surface area contributed by atoms with Gasteiger partial charge in [0.2, 0.25) is 0 Å². The molecule has 0 aliphatic rings. The number of nitrogens with zero attached hydrogens (tertiary/aromatic N) is 2. The standard InChI is InChI=1S/C17H14Cl2N2O3S.C9H11NO3.C8H5Cl2NOS/c1-8-4-9-12(6-14(8)23-2)20-17(25)21(16(9)22)13-7-15(24-3)11(19)5-10(13)18;1-5-3-6(9(11)12)7(10)4-8(5)13-2;1-12-7-3-8(13-4-11)6(10)2-5(7)9/h4-7H,1-3H3,(H,20,25);3-4H,10H2,1-2H3,(H,11,12);2-3H,1H3. The van der Waals surface area contributed by atoms with Gasteiger partial charge in [0.05, 0.1) is 70.7 Å². The van der Waals surface area contributed by atoms with Crippen LogP contribution in [0.3, 0.4) is 0 Å². The van der Waals surface area contributed by atoms with E-state index in [0.717, 1.165) is 22.9 Å². The molecule has 4 aromatic carbocycles. The number of thiocyanates is 1. The maximum absolute atomic E-state index is 13.0. The summed E-state index contributed by atoms with van der Waals surface area (Å²) in [6.07, 6.45) is 0. The molecule has 0 amide bonds. The van der Waals surface area contributed by atoms with Crippen LogP contribution in [0.25, 0.3) is 16.6 Å². The van der Waals surface area contributed by atoms with Crippen LogP contribution >= 0.6 is 70.4 Å². The fourth-order valence-corrected chi connectivity index (χ4v) is 6.37. The Morgan fingerprint density at radius 3 is 1.90 bits per heavy atom. The van der Waals surface area contributed by atoms with E-state index < -0.39 is 5.97 Å². The lowest BCUT2D eigenvalue weighted by molar-refractivity contribution is 0.0698. The minimum atomic E-state index is -1.02. The normalized spacial score (nSPS) is 10.2. The van der Waals surface area contributed by atoms with Crippen molar-refractivity contribution in [2.75, 3.05) is 34.2 Å². The molecular formula is C34H30Cl4N4O7S2. The number of hydrogen-bond acceptors (Lipinski definition) is 10. The average molecular weight is 813 g/mol. The Hall–Kier alpha value is -4.29. The summed E-state index contributed by atoms with van der Waals surface area (Å²) < 4.78 is 22.0. The highest BCUT2D eigenvalue weighted by Crippen LogP contribution is 2.36. The maximum atomic E-state index is 13.0. The van der Waals surface area contributed by atoms with Gasteiger partial charge >= 0.3 is 5.97 Å². The first-order chi connectivity index (χ1) is 24.1. The molecule has 0 radical (unpaired) electrons. The second-order valence-electron chi connectivity index (χ2n) is 10.2. The smallest absolute Gasteiger partial charge is 0.337 e. The number of ether oxygens (including phenoxy) is 4.